The minimum atomic E-state index is -0.856. The van der Waals surface area contributed by atoms with E-state index < -0.39 is 11.5 Å². The standard InChI is InChI=1S/C14H21NO3/c1-4-15(14(2,3)13(16)17)11-6-5-7-12-10(11)8-9-18-12/h8-9,11H,4-7H2,1-3H3,(H,16,17). The first-order valence-electron chi connectivity index (χ1n) is 6.55. The number of carbonyl (C=O) groups is 1. The van der Waals surface area contributed by atoms with Crippen molar-refractivity contribution in [3.05, 3.63) is 23.7 Å². The molecule has 1 aromatic rings. The lowest BCUT2D eigenvalue weighted by atomic mass is 9.88. The fraction of sp³-hybridized carbons (Fsp3) is 0.643. The molecule has 0 spiro atoms. The van der Waals surface area contributed by atoms with Crippen LogP contribution in [0.25, 0.3) is 0 Å². The molecule has 1 atom stereocenters. The highest BCUT2D eigenvalue weighted by atomic mass is 16.4. The van der Waals surface area contributed by atoms with Gasteiger partial charge in [0.25, 0.3) is 0 Å². The number of aryl methyl sites for hydroxylation is 1. The van der Waals surface area contributed by atoms with Gasteiger partial charge in [0, 0.05) is 18.0 Å². The highest BCUT2D eigenvalue weighted by Crippen LogP contribution is 2.38. The molecule has 2 rings (SSSR count). The smallest absolute Gasteiger partial charge is 0.323 e. The van der Waals surface area contributed by atoms with E-state index in [1.165, 1.54) is 0 Å². The van der Waals surface area contributed by atoms with Gasteiger partial charge in [-0.2, -0.15) is 0 Å². The average molecular weight is 251 g/mol. The second-order valence-corrected chi connectivity index (χ2v) is 5.36. The van der Waals surface area contributed by atoms with Gasteiger partial charge in [0.2, 0.25) is 0 Å². The summed E-state index contributed by atoms with van der Waals surface area (Å²) in [6.07, 6.45) is 4.73. The zero-order valence-electron chi connectivity index (χ0n) is 11.3. The molecular formula is C14H21NO3. The van der Waals surface area contributed by atoms with Gasteiger partial charge in [-0.25, -0.2) is 0 Å². The summed E-state index contributed by atoms with van der Waals surface area (Å²) in [5.74, 6) is 0.242. The van der Waals surface area contributed by atoms with Crippen molar-refractivity contribution in [3.63, 3.8) is 0 Å². The van der Waals surface area contributed by atoms with Crippen LogP contribution in [-0.4, -0.2) is 28.1 Å². The molecule has 0 radical (unpaired) electrons. The summed E-state index contributed by atoms with van der Waals surface area (Å²) < 4.78 is 5.48. The van der Waals surface area contributed by atoms with Gasteiger partial charge in [-0.05, 0) is 39.3 Å². The lowest BCUT2D eigenvalue weighted by Gasteiger charge is -2.41. The van der Waals surface area contributed by atoms with Crippen molar-refractivity contribution in [1.29, 1.82) is 0 Å². The fourth-order valence-electron chi connectivity index (χ4n) is 2.91. The predicted octanol–water partition coefficient (Wildman–Crippen LogP) is 2.84. The molecule has 1 heterocycles. The van der Waals surface area contributed by atoms with E-state index in [1.807, 2.05) is 13.0 Å². The molecule has 4 heteroatoms. The van der Waals surface area contributed by atoms with Gasteiger partial charge >= 0.3 is 5.97 Å². The van der Waals surface area contributed by atoms with Crippen molar-refractivity contribution in [1.82, 2.24) is 4.90 Å². The summed E-state index contributed by atoms with van der Waals surface area (Å²) in [4.78, 5) is 13.5. The maximum Gasteiger partial charge on any atom is 0.323 e. The third-order valence-electron chi connectivity index (χ3n) is 3.98. The molecule has 0 fully saturated rings. The fourth-order valence-corrected chi connectivity index (χ4v) is 2.91. The Morgan fingerprint density at radius 1 is 1.61 bits per heavy atom. The second kappa shape index (κ2) is 4.76. The van der Waals surface area contributed by atoms with Gasteiger partial charge in [-0.15, -0.1) is 0 Å². The van der Waals surface area contributed by atoms with E-state index in [-0.39, 0.29) is 6.04 Å². The normalized spacial score (nSPS) is 19.9. The Hall–Kier alpha value is -1.29. The van der Waals surface area contributed by atoms with Gasteiger partial charge in [-0.3, -0.25) is 9.69 Å². The molecule has 0 aliphatic heterocycles. The number of hydrogen-bond acceptors (Lipinski definition) is 3. The number of hydrogen-bond donors (Lipinski definition) is 1. The van der Waals surface area contributed by atoms with Crippen LogP contribution in [0.5, 0.6) is 0 Å². The summed E-state index contributed by atoms with van der Waals surface area (Å²) in [6.45, 7) is 6.27. The zero-order valence-corrected chi connectivity index (χ0v) is 11.3. The number of rotatable bonds is 4. The Labute approximate surface area is 108 Å². The molecule has 1 aliphatic carbocycles. The van der Waals surface area contributed by atoms with E-state index in [0.29, 0.717) is 6.54 Å². The molecule has 0 amide bonds. The van der Waals surface area contributed by atoms with Gasteiger partial charge in [0.15, 0.2) is 0 Å². The van der Waals surface area contributed by atoms with E-state index in [4.69, 9.17) is 4.42 Å². The molecular weight excluding hydrogens is 230 g/mol. The molecule has 100 valence electrons. The third-order valence-corrected chi connectivity index (χ3v) is 3.98. The minimum Gasteiger partial charge on any atom is -0.480 e. The monoisotopic (exact) mass is 251 g/mol. The average Bonchev–Trinajstić information content (AvgIpc) is 2.78. The van der Waals surface area contributed by atoms with Gasteiger partial charge in [-0.1, -0.05) is 6.92 Å². The number of carboxylic acids is 1. The lowest BCUT2D eigenvalue weighted by Crippen LogP contribution is -2.52. The maximum absolute atomic E-state index is 11.4. The van der Waals surface area contributed by atoms with Crippen molar-refractivity contribution >= 4 is 5.97 Å². The van der Waals surface area contributed by atoms with Crippen LogP contribution in [0.1, 0.15) is 51.0 Å². The van der Waals surface area contributed by atoms with Crippen LogP contribution in [0, 0.1) is 0 Å². The van der Waals surface area contributed by atoms with Gasteiger partial charge in [0.05, 0.1) is 6.26 Å². The van der Waals surface area contributed by atoms with E-state index in [1.54, 1.807) is 20.1 Å². The van der Waals surface area contributed by atoms with Crippen molar-refractivity contribution in [3.8, 4) is 0 Å². The van der Waals surface area contributed by atoms with Crippen molar-refractivity contribution in [2.24, 2.45) is 0 Å². The van der Waals surface area contributed by atoms with E-state index in [0.717, 1.165) is 30.6 Å². The first-order valence-corrected chi connectivity index (χ1v) is 6.55. The molecule has 0 saturated heterocycles. The third kappa shape index (κ3) is 2.05. The van der Waals surface area contributed by atoms with Gasteiger partial charge in [0.1, 0.15) is 11.3 Å². The molecule has 1 unspecified atom stereocenters. The second-order valence-electron chi connectivity index (χ2n) is 5.36. The Bertz CT molecular complexity index is 436. The van der Waals surface area contributed by atoms with Crippen molar-refractivity contribution in [2.75, 3.05) is 6.54 Å². The van der Waals surface area contributed by atoms with Crippen LogP contribution in [0.4, 0.5) is 0 Å². The summed E-state index contributed by atoms with van der Waals surface area (Å²) in [5.41, 5.74) is 0.308. The molecule has 0 saturated carbocycles. The highest BCUT2D eigenvalue weighted by molar-refractivity contribution is 5.77. The molecule has 0 aromatic carbocycles. The minimum absolute atomic E-state index is 0.156. The van der Waals surface area contributed by atoms with E-state index in [2.05, 4.69) is 4.90 Å². The van der Waals surface area contributed by atoms with Crippen LogP contribution in [0.3, 0.4) is 0 Å². The summed E-state index contributed by atoms with van der Waals surface area (Å²) in [6, 6.07) is 2.14. The number of likely N-dealkylation sites (N-methyl/N-ethyl adjacent to an activating group) is 1. The number of furan rings is 1. The summed E-state index contributed by atoms with van der Waals surface area (Å²) in [7, 11) is 0. The van der Waals surface area contributed by atoms with Crippen molar-refractivity contribution < 1.29 is 14.3 Å². The van der Waals surface area contributed by atoms with Crippen LogP contribution in [0.2, 0.25) is 0 Å². The van der Waals surface area contributed by atoms with Crippen molar-refractivity contribution in [2.45, 2.75) is 51.6 Å². The molecule has 1 aliphatic rings. The number of fused-ring (bicyclic) bond motifs is 1. The molecule has 4 nitrogen and oxygen atoms in total. The number of aliphatic carboxylic acids is 1. The SMILES string of the molecule is CCN(C1CCCc2occc21)C(C)(C)C(=O)O. The summed E-state index contributed by atoms with van der Waals surface area (Å²) >= 11 is 0. The Morgan fingerprint density at radius 2 is 2.33 bits per heavy atom. The quantitative estimate of drug-likeness (QED) is 0.894. The maximum atomic E-state index is 11.4. The van der Waals surface area contributed by atoms with E-state index >= 15 is 0 Å². The first kappa shape index (κ1) is 13.1. The largest absolute Gasteiger partial charge is 0.480 e. The highest BCUT2D eigenvalue weighted by Gasteiger charge is 2.40. The number of carboxylic acid groups (broad SMARTS) is 1. The zero-order chi connectivity index (χ0) is 13.3. The Kier molecular flexibility index (Phi) is 3.48. The first-order chi connectivity index (χ1) is 8.48. The van der Waals surface area contributed by atoms with Crippen LogP contribution in [0.15, 0.2) is 16.7 Å². The number of nitrogens with zero attached hydrogens (tertiary/aromatic N) is 1. The van der Waals surface area contributed by atoms with Crippen LogP contribution in [-0.2, 0) is 11.2 Å². The predicted molar refractivity (Wildman–Crippen MR) is 68.5 cm³/mol. The van der Waals surface area contributed by atoms with Crippen LogP contribution < -0.4 is 0 Å². The van der Waals surface area contributed by atoms with E-state index in [9.17, 15) is 9.90 Å². The van der Waals surface area contributed by atoms with Gasteiger partial charge < -0.3 is 9.52 Å². The summed E-state index contributed by atoms with van der Waals surface area (Å²) in [5, 5.41) is 9.41. The Balaban J connectivity index is 2.34. The lowest BCUT2D eigenvalue weighted by molar-refractivity contribution is -0.151. The molecule has 0 bridgehead atoms. The topological polar surface area (TPSA) is 53.7 Å². The molecule has 1 aromatic heterocycles. The molecule has 1 N–H and O–H groups in total. The molecule has 18 heavy (non-hydrogen) atoms. The van der Waals surface area contributed by atoms with Crippen LogP contribution >= 0.6 is 0 Å². The Morgan fingerprint density at radius 3 is 2.94 bits per heavy atom.